The topological polar surface area (TPSA) is 45.2 Å². The van der Waals surface area contributed by atoms with Crippen molar-refractivity contribution in [3.05, 3.63) is 40.9 Å². The summed E-state index contributed by atoms with van der Waals surface area (Å²) in [5.74, 6) is 0.243. The molecule has 4 nitrogen and oxygen atoms in total. The second-order valence-corrected chi connectivity index (χ2v) is 7.73. The van der Waals surface area contributed by atoms with Crippen molar-refractivity contribution in [3.8, 4) is 10.6 Å². The lowest BCUT2D eigenvalue weighted by Crippen LogP contribution is -2.43. The predicted octanol–water partition coefficient (Wildman–Crippen LogP) is 3.86. The van der Waals surface area contributed by atoms with E-state index in [1.165, 1.54) is 5.56 Å². The highest BCUT2D eigenvalue weighted by molar-refractivity contribution is 7.13. The minimum Gasteiger partial charge on any atom is -0.335 e. The van der Waals surface area contributed by atoms with E-state index in [2.05, 4.69) is 41.4 Å². The molecular weight excluding hydrogens is 389 g/mol. The molecule has 2 fully saturated rings. The number of carbonyl (C=O) groups excluding carboxylic acids is 1. The lowest BCUT2D eigenvalue weighted by Gasteiger charge is -2.27. The van der Waals surface area contributed by atoms with Crippen molar-refractivity contribution in [1.82, 2.24) is 15.2 Å². The molecule has 26 heavy (non-hydrogen) atoms. The predicted molar refractivity (Wildman–Crippen MR) is 112 cm³/mol. The molecule has 4 rings (SSSR count). The third-order valence-corrected chi connectivity index (χ3v) is 6.03. The molecule has 0 spiro atoms. The maximum absolute atomic E-state index is 12.8. The first-order chi connectivity index (χ1) is 11.7. The third-order valence-electron chi connectivity index (χ3n) is 5.09. The van der Waals surface area contributed by atoms with Crippen LogP contribution >= 0.6 is 36.2 Å². The van der Waals surface area contributed by atoms with E-state index in [0.29, 0.717) is 18.5 Å². The first kappa shape index (κ1) is 21.2. The number of hydrogen-bond donors (Lipinski definition) is 1. The molecule has 2 unspecified atom stereocenters. The molecule has 142 valence electrons. The number of fused-ring (bicyclic) bond motifs is 2. The van der Waals surface area contributed by atoms with E-state index in [-0.39, 0.29) is 30.7 Å². The normalized spacial score (nSPS) is 21.5. The van der Waals surface area contributed by atoms with Gasteiger partial charge in [0.05, 0.1) is 12.1 Å². The second kappa shape index (κ2) is 9.18. The SMILES string of the molecule is Cc1cccc(-c2nc(CC(=O)N3C4CCNCC3CC4)cs2)c1.Cl.Cl. The first-order valence-corrected chi connectivity index (χ1v) is 9.62. The summed E-state index contributed by atoms with van der Waals surface area (Å²) < 4.78 is 0. The highest BCUT2D eigenvalue weighted by Gasteiger charge is 2.37. The largest absolute Gasteiger partial charge is 0.335 e. The van der Waals surface area contributed by atoms with Crippen LogP contribution in [0.5, 0.6) is 0 Å². The number of aryl methyl sites for hydroxylation is 1. The Labute approximate surface area is 171 Å². The molecule has 0 aliphatic carbocycles. The molecule has 2 bridgehead atoms. The van der Waals surface area contributed by atoms with Gasteiger partial charge in [-0.15, -0.1) is 36.2 Å². The van der Waals surface area contributed by atoms with Crippen LogP contribution in [0, 0.1) is 6.92 Å². The highest BCUT2D eigenvalue weighted by atomic mass is 35.5. The molecule has 1 aromatic carbocycles. The molecule has 2 saturated heterocycles. The molecule has 1 N–H and O–H groups in total. The van der Waals surface area contributed by atoms with E-state index in [4.69, 9.17) is 4.98 Å². The smallest absolute Gasteiger partial charge is 0.229 e. The molecule has 0 saturated carbocycles. The fourth-order valence-corrected chi connectivity index (χ4v) is 4.75. The summed E-state index contributed by atoms with van der Waals surface area (Å²) in [6.07, 6.45) is 3.79. The minimum absolute atomic E-state index is 0. The quantitative estimate of drug-likeness (QED) is 0.830. The average Bonchev–Trinajstić information content (AvgIpc) is 3.11. The van der Waals surface area contributed by atoms with E-state index >= 15 is 0 Å². The number of halogens is 2. The van der Waals surface area contributed by atoms with Crippen LogP contribution in [0.1, 0.15) is 30.5 Å². The summed E-state index contributed by atoms with van der Waals surface area (Å²) in [6.45, 7) is 4.05. The molecule has 3 heterocycles. The van der Waals surface area contributed by atoms with Crippen molar-refractivity contribution in [2.24, 2.45) is 0 Å². The van der Waals surface area contributed by atoms with Crippen LogP contribution in [-0.2, 0) is 11.2 Å². The number of aromatic nitrogens is 1. The highest BCUT2D eigenvalue weighted by Crippen LogP contribution is 2.29. The van der Waals surface area contributed by atoms with E-state index in [1.807, 2.05) is 5.38 Å². The Bertz CT molecular complexity index is 738. The average molecular weight is 414 g/mol. The van der Waals surface area contributed by atoms with Gasteiger partial charge >= 0.3 is 0 Å². The Kier molecular flexibility index (Phi) is 7.47. The molecule has 2 aromatic rings. The van der Waals surface area contributed by atoms with Crippen LogP contribution in [0.2, 0.25) is 0 Å². The fourth-order valence-electron chi connectivity index (χ4n) is 3.93. The Balaban J connectivity index is 0.00000121. The molecule has 1 amide bonds. The van der Waals surface area contributed by atoms with Gasteiger partial charge in [0.2, 0.25) is 5.91 Å². The second-order valence-electron chi connectivity index (χ2n) is 6.87. The Morgan fingerprint density at radius 3 is 2.88 bits per heavy atom. The van der Waals surface area contributed by atoms with Gasteiger partial charge < -0.3 is 10.2 Å². The van der Waals surface area contributed by atoms with E-state index in [1.54, 1.807) is 11.3 Å². The monoisotopic (exact) mass is 413 g/mol. The summed E-state index contributed by atoms with van der Waals surface area (Å²) in [7, 11) is 0. The van der Waals surface area contributed by atoms with Crippen molar-refractivity contribution in [1.29, 1.82) is 0 Å². The van der Waals surface area contributed by atoms with Crippen LogP contribution in [-0.4, -0.2) is 41.0 Å². The summed E-state index contributed by atoms with van der Waals surface area (Å²) in [4.78, 5) is 19.7. The number of benzene rings is 1. The van der Waals surface area contributed by atoms with Gasteiger partial charge in [0, 0.05) is 29.6 Å². The molecule has 2 atom stereocenters. The molecule has 2 aliphatic rings. The summed E-state index contributed by atoms with van der Waals surface area (Å²) >= 11 is 1.63. The molecule has 2 aliphatic heterocycles. The zero-order valence-corrected chi connectivity index (χ0v) is 17.3. The van der Waals surface area contributed by atoms with Gasteiger partial charge in [-0.05, 0) is 38.8 Å². The lowest BCUT2D eigenvalue weighted by molar-refractivity contribution is -0.133. The number of nitrogens with one attached hydrogen (secondary N) is 1. The molecule has 0 radical (unpaired) electrons. The number of carbonyl (C=O) groups is 1. The lowest BCUT2D eigenvalue weighted by atomic mass is 10.1. The molecule has 7 heteroatoms. The van der Waals surface area contributed by atoms with Crippen molar-refractivity contribution >= 4 is 42.1 Å². The number of amides is 1. The van der Waals surface area contributed by atoms with Crippen molar-refractivity contribution in [2.45, 2.75) is 44.7 Å². The number of hydrogen-bond acceptors (Lipinski definition) is 4. The van der Waals surface area contributed by atoms with Crippen molar-refractivity contribution in [3.63, 3.8) is 0 Å². The summed E-state index contributed by atoms with van der Waals surface area (Å²) in [5, 5.41) is 6.49. The van der Waals surface area contributed by atoms with E-state index < -0.39 is 0 Å². The summed E-state index contributed by atoms with van der Waals surface area (Å²) in [5.41, 5.74) is 3.27. The van der Waals surface area contributed by atoms with Gasteiger partial charge in [-0.3, -0.25) is 4.79 Å². The standard InChI is InChI=1S/C19H23N3OS.2ClH/c1-13-3-2-4-14(9-13)19-21-15(12-24-19)10-18(23)22-16-5-6-17(22)11-20-8-7-16;;/h2-4,9,12,16-17,20H,5-8,10-11H2,1H3;2*1H. The van der Waals surface area contributed by atoms with Gasteiger partial charge in [0.25, 0.3) is 0 Å². The van der Waals surface area contributed by atoms with Crippen molar-refractivity contribution in [2.75, 3.05) is 13.1 Å². The number of rotatable bonds is 3. The number of thiazole rings is 1. The van der Waals surface area contributed by atoms with Gasteiger partial charge in [-0.1, -0.05) is 23.8 Å². The minimum atomic E-state index is 0. The van der Waals surface area contributed by atoms with Crippen LogP contribution in [0.3, 0.4) is 0 Å². The van der Waals surface area contributed by atoms with Gasteiger partial charge in [-0.25, -0.2) is 4.98 Å². The fraction of sp³-hybridized carbons (Fsp3) is 0.474. The molecular formula is C19H25Cl2N3OS. The van der Waals surface area contributed by atoms with E-state index in [9.17, 15) is 4.79 Å². The Morgan fingerprint density at radius 2 is 2.08 bits per heavy atom. The maximum atomic E-state index is 12.8. The Morgan fingerprint density at radius 1 is 1.27 bits per heavy atom. The van der Waals surface area contributed by atoms with Crippen LogP contribution in [0.4, 0.5) is 0 Å². The molecule has 1 aromatic heterocycles. The van der Waals surface area contributed by atoms with Crippen LogP contribution < -0.4 is 5.32 Å². The Hall–Kier alpha value is -1.14. The van der Waals surface area contributed by atoms with Gasteiger partial charge in [-0.2, -0.15) is 0 Å². The van der Waals surface area contributed by atoms with Crippen molar-refractivity contribution < 1.29 is 4.79 Å². The first-order valence-electron chi connectivity index (χ1n) is 8.74. The zero-order chi connectivity index (χ0) is 16.5. The van der Waals surface area contributed by atoms with Crippen LogP contribution in [0.15, 0.2) is 29.6 Å². The zero-order valence-electron chi connectivity index (χ0n) is 14.8. The van der Waals surface area contributed by atoms with E-state index in [0.717, 1.165) is 48.6 Å². The third kappa shape index (κ3) is 4.39. The van der Waals surface area contributed by atoms with Crippen LogP contribution in [0.25, 0.3) is 10.6 Å². The maximum Gasteiger partial charge on any atom is 0.229 e. The van der Waals surface area contributed by atoms with Gasteiger partial charge in [0.1, 0.15) is 5.01 Å². The number of nitrogens with zero attached hydrogens (tertiary/aromatic N) is 2. The summed E-state index contributed by atoms with van der Waals surface area (Å²) in [6, 6.07) is 9.17. The van der Waals surface area contributed by atoms with Gasteiger partial charge in [0.15, 0.2) is 0 Å².